The number of hydrogen-bond donors (Lipinski definition) is 0. The second-order valence-electron chi connectivity index (χ2n) is 5.17. The maximum Gasteiger partial charge on any atom is 0.573 e. The van der Waals surface area contributed by atoms with Crippen LogP contribution in [-0.2, 0) is 4.74 Å². The fourth-order valence-corrected chi connectivity index (χ4v) is 2.39. The predicted octanol–water partition coefficient (Wildman–Crippen LogP) is 3.07. The molecule has 1 aromatic carbocycles. The van der Waals surface area contributed by atoms with Gasteiger partial charge >= 0.3 is 6.36 Å². The van der Waals surface area contributed by atoms with Crippen LogP contribution in [-0.4, -0.2) is 50.7 Å². The molecular weight excluding hydrogens is 299 g/mol. The van der Waals surface area contributed by atoms with Crippen LogP contribution in [0.1, 0.15) is 12.8 Å². The highest BCUT2D eigenvalue weighted by atomic mass is 19.4. The van der Waals surface area contributed by atoms with Gasteiger partial charge in [-0.15, -0.1) is 13.2 Å². The summed E-state index contributed by atoms with van der Waals surface area (Å²) in [4.78, 5) is 2.15. The number of alkyl halides is 3. The zero-order chi connectivity index (χ0) is 16.0. The van der Waals surface area contributed by atoms with E-state index in [1.807, 2.05) is 7.05 Å². The van der Waals surface area contributed by atoms with Gasteiger partial charge in [-0.2, -0.15) is 0 Å². The lowest BCUT2D eigenvalue weighted by atomic mass is 10.1. The van der Waals surface area contributed by atoms with Crippen molar-refractivity contribution in [2.24, 2.45) is 0 Å². The van der Waals surface area contributed by atoms with Gasteiger partial charge in [0.05, 0.1) is 0 Å². The van der Waals surface area contributed by atoms with Crippen molar-refractivity contribution >= 4 is 0 Å². The van der Waals surface area contributed by atoms with Crippen molar-refractivity contribution in [1.82, 2.24) is 4.90 Å². The highest BCUT2D eigenvalue weighted by molar-refractivity contribution is 5.39. The van der Waals surface area contributed by atoms with Crippen LogP contribution >= 0.6 is 0 Å². The van der Waals surface area contributed by atoms with E-state index in [0.29, 0.717) is 19.2 Å². The topological polar surface area (TPSA) is 30.9 Å². The summed E-state index contributed by atoms with van der Waals surface area (Å²) in [5.74, 6) is -0.219. The zero-order valence-corrected chi connectivity index (χ0v) is 12.4. The molecule has 0 amide bonds. The molecule has 124 valence electrons. The predicted molar refractivity (Wildman–Crippen MR) is 75.1 cm³/mol. The van der Waals surface area contributed by atoms with E-state index in [-0.39, 0.29) is 11.5 Å². The Morgan fingerprint density at radius 2 is 1.82 bits per heavy atom. The second kappa shape index (κ2) is 7.69. The molecular formula is C15H20F3NO3. The van der Waals surface area contributed by atoms with E-state index in [0.717, 1.165) is 26.1 Å². The number of likely N-dealkylation sites (N-methyl/N-ethyl adjacent to an activating group) is 1. The Morgan fingerprint density at radius 3 is 2.45 bits per heavy atom. The molecule has 0 bridgehead atoms. The molecule has 1 heterocycles. The summed E-state index contributed by atoms with van der Waals surface area (Å²) in [6.45, 7) is 2.42. The van der Waals surface area contributed by atoms with Crippen molar-refractivity contribution < 1.29 is 27.4 Å². The third kappa shape index (κ3) is 5.38. The first-order chi connectivity index (χ1) is 10.5. The van der Waals surface area contributed by atoms with Crippen molar-refractivity contribution in [3.05, 3.63) is 24.3 Å². The molecule has 1 saturated heterocycles. The van der Waals surface area contributed by atoms with Gasteiger partial charge in [-0.1, -0.05) is 12.1 Å². The normalized spacial score (nSPS) is 16.8. The lowest BCUT2D eigenvalue weighted by Gasteiger charge is -2.31. The molecule has 1 aliphatic heterocycles. The Morgan fingerprint density at radius 1 is 1.18 bits per heavy atom. The first kappa shape index (κ1) is 16.9. The summed E-state index contributed by atoms with van der Waals surface area (Å²) in [5, 5.41) is 0. The van der Waals surface area contributed by atoms with Crippen LogP contribution in [0.4, 0.5) is 13.2 Å². The quantitative estimate of drug-likeness (QED) is 0.806. The highest BCUT2D eigenvalue weighted by Crippen LogP contribution is 2.31. The molecule has 0 atom stereocenters. The minimum atomic E-state index is -4.72. The number of rotatable bonds is 6. The van der Waals surface area contributed by atoms with Crippen molar-refractivity contribution in [3.8, 4) is 11.5 Å². The van der Waals surface area contributed by atoms with E-state index >= 15 is 0 Å². The summed E-state index contributed by atoms with van der Waals surface area (Å²) in [6, 6.07) is 6.22. The number of ether oxygens (including phenoxy) is 3. The smallest absolute Gasteiger partial charge is 0.488 e. The van der Waals surface area contributed by atoms with Crippen molar-refractivity contribution in [1.29, 1.82) is 0 Å². The number of halogens is 3. The summed E-state index contributed by atoms with van der Waals surface area (Å²) in [7, 11) is 1.98. The Kier molecular flexibility index (Phi) is 5.90. The summed E-state index contributed by atoms with van der Waals surface area (Å²) in [5.41, 5.74) is 0. The van der Waals surface area contributed by atoms with Gasteiger partial charge in [0.1, 0.15) is 6.61 Å². The number of para-hydroxylation sites is 2. The van der Waals surface area contributed by atoms with Gasteiger partial charge in [0.15, 0.2) is 11.5 Å². The molecule has 0 radical (unpaired) electrons. The van der Waals surface area contributed by atoms with Crippen LogP contribution < -0.4 is 9.47 Å². The van der Waals surface area contributed by atoms with Crippen molar-refractivity contribution in [3.63, 3.8) is 0 Å². The fraction of sp³-hybridized carbons (Fsp3) is 0.600. The van der Waals surface area contributed by atoms with Crippen molar-refractivity contribution in [2.75, 3.05) is 33.4 Å². The van der Waals surface area contributed by atoms with E-state index in [4.69, 9.17) is 9.47 Å². The second-order valence-corrected chi connectivity index (χ2v) is 5.17. The first-order valence-electron chi connectivity index (χ1n) is 7.21. The number of nitrogens with zero attached hydrogens (tertiary/aromatic N) is 1. The van der Waals surface area contributed by atoms with Crippen LogP contribution in [0.2, 0.25) is 0 Å². The molecule has 0 N–H and O–H groups in total. The van der Waals surface area contributed by atoms with Gasteiger partial charge in [0.25, 0.3) is 0 Å². The van der Waals surface area contributed by atoms with Crippen LogP contribution in [0.15, 0.2) is 24.3 Å². The Hall–Kier alpha value is -1.47. The molecule has 1 fully saturated rings. The molecule has 0 aliphatic carbocycles. The number of benzene rings is 1. The third-order valence-corrected chi connectivity index (χ3v) is 3.59. The highest BCUT2D eigenvalue weighted by Gasteiger charge is 2.32. The van der Waals surface area contributed by atoms with Gasteiger partial charge in [0, 0.05) is 25.8 Å². The number of hydrogen-bond acceptors (Lipinski definition) is 4. The molecule has 1 aromatic rings. The van der Waals surface area contributed by atoms with E-state index < -0.39 is 6.36 Å². The van der Waals surface area contributed by atoms with Gasteiger partial charge < -0.3 is 14.2 Å². The standard InChI is InChI=1S/C15H20F3NO3/c1-19(12-6-9-20-10-7-12)8-11-21-13-4-2-3-5-14(13)22-15(16,17)18/h2-5,12H,6-11H2,1H3. The molecule has 7 heteroatoms. The average Bonchev–Trinajstić information content (AvgIpc) is 2.48. The van der Waals surface area contributed by atoms with Gasteiger partial charge in [0.2, 0.25) is 0 Å². The maximum atomic E-state index is 12.3. The Labute approximate surface area is 127 Å². The SMILES string of the molecule is CN(CCOc1ccccc1OC(F)(F)F)C1CCOCC1. The van der Waals surface area contributed by atoms with E-state index in [1.54, 1.807) is 6.07 Å². The van der Waals surface area contributed by atoms with E-state index in [1.165, 1.54) is 18.2 Å². The van der Waals surface area contributed by atoms with Crippen LogP contribution in [0.25, 0.3) is 0 Å². The Balaban J connectivity index is 1.83. The molecule has 0 aromatic heterocycles. The van der Waals surface area contributed by atoms with Gasteiger partial charge in [-0.05, 0) is 32.0 Å². The monoisotopic (exact) mass is 319 g/mol. The van der Waals surface area contributed by atoms with Crippen LogP contribution in [0.3, 0.4) is 0 Å². The molecule has 0 saturated carbocycles. The molecule has 0 spiro atoms. The lowest BCUT2D eigenvalue weighted by Crippen LogP contribution is -2.38. The Bertz CT molecular complexity index is 462. The van der Waals surface area contributed by atoms with E-state index in [2.05, 4.69) is 9.64 Å². The zero-order valence-electron chi connectivity index (χ0n) is 12.4. The minimum absolute atomic E-state index is 0.0974. The molecule has 4 nitrogen and oxygen atoms in total. The molecule has 1 aliphatic rings. The van der Waals surface area contributed by atoms with Gasteiger partial charge in [-0.25, -0.2) is 0 Å². The average molecular weight is 319 g/mol. The van der Waals surface area contributed by atoms with Crippen LogP contribution in [0.5, 0.6) is 11.5 Å². The van der Waals surface area contributed by atoms with E-state index in [9.17, 15) is 13.2 Å². The van der Waals surface area contributed by atoms with Crippen molar-refractivity contribution in [2.45, 2.75) is 25.2 Å². The van der Waals surface area contributed by atoms with Crippen LogP contribution in [0, 0.1) is 0 Å². The maximum absolute atomic E-state index is 12.3. The summed E-state index contributed by atoms with van der Waals surface area (Å²) in [6.07, 6.45) is -2.80. The minimum Gasteiger partial charge on any atom is -0.488 e. The summed E-state index contributed by atoms with van der Waals surface area (Å²) >= 11 is 0. The first-order valence-corrected chi connectivity index (χ1v) is 7.21. The molecule has 0 unspecified atom stereocenters. The molecule has 2 rings (SSSR count). The van der Waals surface area contributed by atoms with Gasteiger partial charge in [-0.3, -0.25) is 4.90 Å². The largest absolute Gasteiger partial charge is 0.573 e. The molecule has 22 heavy (non-hydrogen) atoms. The lowest BCUT2D eigenvalue weighted by molar-refractivity contribution is -0.275. The fourth-order valence-electron chi connectivity index (χ4n) is 2.39. The third-order valence-electron chi connectivity index (χ3n) is 3.59. The summed E-state index contributed by atoms with van der Waals surface area (Å²) < 4.78 is 51.7.